The first-order valence-electron chi connectivity index (χ1n) is 4.93. The monoisotopic (exact) mass is 295 g/mol. The Morgan fingerprint density at radius 1 is 1.44 bits per heavy atom. The summed E-state index contributed by atoms with van der Waals surface area (Å²) in [5.41, 5.74) is -0.622. The van der Waals surface area contributed by atoms with Crippen LogP contribution >= 0.6 is 15.9 Å². The molecule has 6 heteroatoms. The summed E-state index contributed by atoms with van der Waals surface area (Å²) in [5, 5.41) is 9.46. The van der Waals surface area contributed by atoms with E-state index in [9.17, 15) is 9.59 Å². The van der Waals surface area contributed by atoms with E-state index < -0.39 is 23.7 Å². The van der Waals surface area contributed by atoms with Crippen molar-refractivity contribution < 1.29 is 19.4 Å². The largest absolute Gasteiger partial charge is 0.480 e. The van der Waals surface area contributed by atoms with Gasteiger partial charge in [-0.2, -0.15) is 0 Å². The van der Waals surface area contributed by atoms with Gasteiger partial charge in [0.05, 0.1) is 0 Å². The van der Waals surface area contributed by atoms with E-state index in [1.54, 1.807) is 20.8 Å². The Balaban J connectivity index is 4.55. The van der Waals surface area contributed by atoms with E-state index >= 15 is 0 Å². The summed E-state index contributed by atoms with van der Waals surface area (Å²) in [6.45, 7) is 5.21. The zero-order valence-electron chi connectivity index (χ0n) is 9.99. The molecule has 0 saturated heterocycles. The second kappa shape index (κ2) is 6.08. The van der Waals surface area contributed by atoms with Crippen LogP contribution in [-0.4, -0.2) is 46.1 Å². The molecule has 1 atom stereocenters. The third kappa shape index (κ3) is 5.34. The van der Waals surface area contributed by atoms with Crippen molar-refractivity contribution >= 4 is 28.0 Å². The Hall–Kier alpha value is -0.780. The maximum atomic E-state index is 11.6. The lowest BCUT2D eigenvalue weighted by molar-refractivity contribution is -0.142. The molecule has 0 aliphatic rings. The highest BCUT2D eigenvalue weighted by Crippen LogP contribution is 2.12. The number of aliphatic carboxylic acids is 1. The third-order valence-electron chi connectivity index (χ3n) is 1.82. The Morgan fingerprint density at radius 3 is 2.25 bits per heavy atom. The van der Waals surface area contributed by atoms with Crippen LogP contribution in [0.1, 0.15) is 27.2 Å². The molecule has 0 saturated carbocycles. The average Bonchev–Trinajstić information content (AvgIpc) is 2.09. The molecule has 1 N–H and O–H groups in total. The third-order valence-corrected chi connectivity index (χ3v) is 2.27. The van der Waals surface area contributed by atoms with E-state index in [1.807, 2.05) is 0 Å². The van der Waals surface area contributed by atoms with E-state index in [1.165, 1.54) is 7.05 Å². The molecule has 0 radical (unpaired) electrons. The second-order valence-electron chi connectivity index (χ2n) is 4.42. The molecular formula is C10H18BrNO4. The molecule has 0 aliphatic carbocycles. The molecule has 0 spiro atoms. The fraction of sp³-hybridized carbons (Fsp3) is 0.800. The number of likely N-dealkylation sites (N-methyl/N-ethyl adjacent to an activating group) is 1. The van der Waals surface area contributed by atoms with Crippen molar-refractivity contribution in [2.75, 3.05) is 12.4 Å². The minimum atomic E-state index is -1.03. The fourth-order valence-electron chi connectivity index (χ4n) is 1.05. The number of ether oxygens (including phenoxy) is 1. The van der Waals surface area contributed by atoms with E-state index in [2.05, 4.69) is 15.9 Å². The van der Waals surface area contributed by atoms with Crippen molar-refractivity contribution in [1.82, 2.24) is 4.90 Å². The van der Waals surface area contributed by atoms with Gasteiger partial charge < -0.3 is 9.84 Å². The van der Waals surface area contributed by atoms with Gasteiger partial charge >= 0.3 is 12.1 Å². The molecule has 0 aromatic rings. The molecule has 0 rings (SSSR count). The van der Waals surface area contributed by atoms with Crippen molar-refractivity contribution in [2.24, 2.45) is 0 Å². The van der Waals surface area contributed by atoms with Crippen LogP contribution in [0.4, 0.5) is 4.79 Å². The number of amides is 1. The topological polar surface area (TPSA) is 66.8 Å². The number of alkyl halides is 1. The van der Waals surface area contributed by atoms with Crippen molar-refractivity contribution in [2.45, 2.75) is 38.8 Å². The van der Waals surface area contributed by atoms with Crippen LogP contribution in [-0.2, 0) is 9.53 Å². The number of halogens is 1. The molecule has 5 nitrogen and oxygen atoms in total. The Morgan fingerprint density at radius 2 is 1.94 bits per heavy atom. The second-order valence-corrected chi connectivity index (χ2v) is 5.22. The maximum absolute atomic E-state index is 11.6. The number of carbonyl (C=O) groups is 2. The van der Waals surface area contributed by atoms with Crippen LogP contribution in [0, 0.1) is 0 Å². The van der Waals surface area contributed by atoms with Crippen LogP contribution in [0.15, 0.2) is 0 Å². The van der Waals surface area contributed by atoms with Crippen LogP contribution < -0.4 is 0 Å². The SMILES string of the molecule is CN(C(=O)OC(C)(C)C)[C@@H](CCBr)C(=O)O. The lowest BCUT2D eigenvalue weighted by Crippen LogP contribution is -2.45. The van der Waals surface area contributed by atoms with Gasteiger partial charge in [0.1, 0.15) is 11.6 Å². The van der Waals surface area contributed by atoms with E-state index in [-0.39, 0.29) is 0 Å². The Bertz CT molecular complexity index is 262. The lowest BCUT2D eigenvalue weighted by atomic mass is 10.2. The Kier molecular flexibility index (Phi) is 5.78. The minimum Gasteiger partial charge on any atom is -0.480 e. The lowest BCUT2D eigenvalue weighted by Gasteiger charge is -2.28. The standard InChI is InChI=1S/C10H18BrNO4/c1-10(2,3)16-9(15)12(4)7(5-6-11)8(13)14/h7H,5-6H2,1-4H3,(H,13,14)/t7-/m0/s1. The van der Waals surface area contributed by atoms with E-state index in [4.69, 9.17) is 9.84 Å². The number of nitrogens with zero attached hydrogens (tertiary/aromatic N) is 1. The highest BCUT2D eigenvalue weighted by molar-refractivity contribution is 9.09. The molecule has 0 heterocycles. The van der Waals surface area contributed by atoms with Crippen molar-refractivity contribution in [3.63, 3.8) is 0 Å². The minimum absolute atomic E-state index is 0.338. The van der Waals surface area contributed by atoms with Gasteiger partial charge in [0.25, 0.3) is 0 Å². The molecule has 0 aliphatic heterocycles. The number of carboxylic acid groups (broad SMARTS) is 1. The number of carboxylic acids is 1. The highest BCUT2D eigenvalue weighted by atomic mass is 79.9. The number of hydrogen-bond donors (Lipinski definition) is 1. The summed E-state index contributed by atoms with van der Waals surface area (Å²) in [4.78, 5) is 23.6. The van der Waals surface area contributed by atoms with Crippen LogP contribution in [0.5, 0.6) is 0 Å². The number of carbonyl (C=O) groups excluding carboxylic acids is 1. The zero-order chi connectivity index (χ0) is 12.9. The number of hydrogen-bond acceptors (Lipinski definition) is 3. The van der Waals surface area contributed by atoms with E-state index in [0.29, 0.717) is 11.8 Å². The first-order valence-corrected chi connectivity index (χ1v) is 6.05. The molecule has 0 aromatic carbocycles. The van der Waals surface area contributed by atoms with E-state index in [0.717, 1.165) is 4.90 Å². The molecule has 94 valence electrons. The van der Waals surface area contributed by atoms with Crippen LogP contribution in [0.3, 0.4) is 0 Å². The van der Waals surface area contributed by atoms with Gasteiger partial charge in [0.15, 0.2) is 0 Å². The summed E-state index contributed by atoms with van der Waals surface area (Å²) in [7, 11) is 1.43. The van der Waals surface area contributed by atoms with Crippen LogP contribution in [0.25, 0.3) is 0 Å². The van der Waals surface area contributed by atoms with Gasteiger partial charge in [0, 0.05) is 12.4 Å². The number of rotatable bonds is 4. The van der Waals surface area contributed by atoms with Gasteiger partial charge in [-0.3, -0.25) is 4.90 Å². The molecule has 16 heavy (non-hydrogen) atoms. The maximum Gasteiger partial charge on any atom is 0.410 e. The Labute approximate surface area is 104 Å². The quantitative estimate of drug-likeness (QED) is 0.807. The van der Waals surface area contributed by atoms with Crippen molar-refractivity contribution in [3.05, 3.63) is 0 Å². The summed E-state index contributed by atoms with van der Waals surface area (Å²) >= 11 is 3.16. The summed E-state index contributed by atoms with van der Waals surface area (Å²) in [5.74, 6) is -1.03. The van der Waals surface area contributed by atoms with Gasteiger partial charge in [-0.05, 0) is 27.2 Å². The van der Waals surface area contributed by atoms with Crippen LogP contribution in [0.2, 0.25) is 0 Å². The molecule has 0 aromatic heterocycles. The normalized spacial score (nSPS) is 13.1. The highest BCUT2D eigenvalue weighted by Gasteiger charge is 2.29. The molecular weight excluding hydrogens is 278 g/mol. The average molecular weight is 296 g/mol. The summed E-state index contributed by atoms with van der Waals surface area (Å²) < 4.78 is 5.09. The zero-order valence-corrected chi connectivity index (χ0v) is 11.6. The van der Waals surface area contributed by atoms with Gasteiger partial charge in [0.2, 0.25) is 0 Å². The molecule has 1 amide bonds. The van der Waals surface area contributed by atoms with Gasteiger partial charge in [-0.15, -0.1) is 0 Å². The van der Waals surface area contributed by atoms with Gasteiger partial charge in [-0.1, -0.05) is 15.9 Å². The summed E-state index contributed by atoms with van der Waals surface area (Å²) in [6.07, 6.45) is -0.286. The molecule has 0 bridgehead atoms. The first-order chi connectivity index (χ1) is 7.19. The fourth-order valence-corrected chi connectivity index (χ4v) is 1.48. The molecule has 0 unspecified atom stereocenters. The predicted octanol–water partition coefficient (Wildman–Crippen LogP) is 2.09. The van der Waals surface area contributed by atoms with Crippen molar-refractivity contribution in [3.8, 4) is 0 Å². The predicted molar refractivity (Wildman–Crippen MR) is 63.8 cm³/mol. The smallest absolute Gasteiger partial charge is 0.410 e. The summed E-state index contributed by atoms with van der Waals surface area (Å²) in [6, 6.07) is -0.866. The van der Waals surface area contributed by atoms with Crippen molar-refractivity contribution in [1.29, 1.82) is 0 Å². The van der Waals surface area contributed by atoms with Gasteiger partial charge in [-0.25, -0.2) is 9.59 Å². The first kappa shape index (κ1) is 15.2. The molecule has 0 fully saturated rings.